The number of fused-ring (bicyclic) bond motifs is 2. The first-order chi connectivity index (χ1) is 15.8. The van der Waals surface area contributed by atoms with Gasteiger partial charge in [0.2, 0.25) is 6.79 Å². The summed E-state index contributed by atoms with van der Waals surface area (Å²) in [7, 11) is 0. The van der Waals surface area contributed by atoms with Crippen molar-refractivity contribution < 1.29 is 18.7 Å². The number of amides is 1. The van der Waals surface area contributed by atoms with Crippen LogP contribution in [0.3, 0.4) is 0 Å². The molecule has 3 heterocycles. The van der Waals surface area contributed by atoms with Gasteiger partial charge >= 0.3 is 0 Å². The van der Waals surface area contributed by atoms with Crippen molar-refractivity contribution >= 4 is 11.6 Å². The molecule has 5 rings (SSSR count). The molecule has 0 atom stereocenters. The van der Waals surface area contributed by atoms with Crippen LogP contribution >= 0.6 is 0 Å². The second kappa shape index (κ2) is 7.88. The van der Waals surface area contributed by atoms with E-state index in [1.54, 1.807) is 22.7 Å². The van der Waals surface area contributed by atoms with Crippen LogP contribution in [0.25, 0.3) is 16.9 Å². The molecule has 0 spiro atoms. The third kappa shape index (κ3) is 4.11. The first kappa shape index (κ1) is 20.9. The van der Waals surface area contributed by atoms with E-state index in [2.05, 4.69) is 36.2 Å². The van der Waals surface area contributed by atoms with E-state index in [-0.39, 0.29) is 23.9 Å². The summed E-state index contributed by atoms with van der Waals surface area (Å²) in [5, 5.41) is 7.60. The predicted octanol–water partition coefficient (Wildman–Crippen LogP) is 4.49. The number of nitrogens with zero attached hydrogens (tertiary/aromatic N) is 3. The third-order valence-electron chi connectivity index (χ3n) is 5.46. The monoisotopic (exact) mass is 446 g/mol. The quantitative estimate of drug-likeness (QED) is 0.500. The summed E-state index contributed by atoms with van der Waals surface area (Å²) in [6.07, 6.45) is 0. The fourth-order valence-corrected chi connectivity index (χ4v) is 3.60. The molecule has 33 heavy (non-hydrogen) atoms. The van der Waals surface area contributed by atoms with Gasteiger partial charge in [-0.2, -0.15) is 5.10 Å². The maximum atomic E-state index is 13.4. The predicted molar refractivity (Wildman–Crippen MR) is 121 cm³/mol. The summed E-state index contributed by atoms with van der Waals surface area (Å²) in [6, 6.07) is 15.1. The molecule has 8 heteroatoms. The molecule has 0 saturated heterocycles. The molecule has 168 valence electrons. The Morgan fingerprint density at radius 1 is 1.06 bits per heavy atom. The minimum absolute atomic E-state index is 0.196. The Morgan fingerprint density at radius 2 is 1.82 bits per heavy atom. The molecule has 0 saturated carbocycles. The minimum Gasteiger partial charge on any atom is -0.454 e. The number of hydrogen-bond donors (Lipinski definition) is 1. The van der Waals surface area contributed by atoms with Gasteiger partial charge in [-0.15, -0.1) is 0 Å². The van der Waals surface area contributed by atoms with Crippen LogP contribution in [-0.2, 0) is 12.0 Å². The van der Waals surface area contributed by atoms with Crippen molar-refractivity contribution in [2.45, 2.75) is 32.7 Å². The smallest absolute Gasteiger partial charge is 0.270 e. The molecule has 4 aromatic rings. The SMILES string of the molecule is CC(C)(C)c1cc2nc(-c3ccc(F)cc3)cc(C(=O)NCc3ccc4c(c3)OCO4)n2n1. The van der Waals surface area contributed by atoms with E-state index in [1.165, 1.54) is 12.1 Å². The molecule has 7 nitrogen and oxygen atoms in total. The number of nitrogens with one attached hydrogen (secondary N) is 1. The van der Waals surface area contributed by atoms with E-state index in [1.807, 2.05) is 24.3 Å². The molecule has 2 aromatic carbocycles. The van der Waals surface area contributed by atoms with Gasteiger partial charge in [-0.1, -0.05) is 26.8 Å². The Hall–Kier alpha value is -3.94. The van der Waals surface area contributed by atoms with Crippen molar-refractivity contribution in [2.75, 3.05) is 6.79 Å². The van der Waals surface area contributed by atoms with Crippen LogP contribution in [0.1, 0.15) is 42.5 Å². The average Bonchev–Trinajstić information content (AvgIpc) is 3.43. The van der Waals surface area contributed by atoms with Crippen LogP contribution in [0.5, 0.6) is 11.5 Å². The standard InChI is InChI=1S/C25H23FN4O3/c1-25(2,3)22-12-23-28-18(16-5-7-17(26)8-6-16)11-19(30(23)29-22)24(31)27-13-15-4-9-20-21(10-15)33-14-32-20/h4-12H,13-14H2,1-3H3,(H,27,31). The number of halogens is 1. The highest BCUT2D eigenvalue weighted by atomic mass is 19.1. The van der Waals surface area contributed by atoms with Gasteiger partial charge in [0.1, 0.15) is 11.5 Å². The van der Waals surface area contributed by atoms with Crippen LogP contribution in [0.4, 0.5) is 4.39 Å². The summed E-state index contributed by atoms with van der Waals surface area (Å²) < 4.78 is 25.7. The maximum Gasteiger partial charge on any atom is 0.270 e. The average molecular weight is 446 g/mol. The van der Waals surface area contributed by atoms with E-state index >= 15 is 0 Å². The lowest BCUT2D eigenvalue weighted by Gasteiger charge is -2.13. The van der Waals surface area contributed by atoms with E-state index in [4.69, 9.17) is 9.47 Å². The van der Waals surface area contributed by atoms with E-state index in [0.29, 0.717) is 40.6 Å². The van der Waals surface area contributed by atoms with Gasteiger partial charge in [0, 0.05) is 23.6 Å². The van der Waals surface area contributed by atoms with Gasteiger partial charge < -0.3 is 14.8 Å². The molecule has 0 bridgehead atoms. The molecule has 1 aliphatic rings. The number of ether oxygens (including phenoxy) is 2. The van der Waals surface area contributed by atoms with Crippen LogP contribution < -0.4 is 14.8 Å². The highest BCUT2D eigenvalue weighted by molar-refractivity contribution is 5.94. The third-order valence-corrected chi connectivity index (χ3v) is 5.46. The summed E-state index contributed by atoms with van der Waals surface area (Å²) in [5.41, 5.74) is 3.65. The topological polar surface area (TPSA) is 77.8 Å². The Labute approximate surface area is 190 Å². The Bertz CT molecular complexity index is 1360. The van der Waals surface area contributed by atoms with Crippen LogP contribution in [0.2, 0.25) is 0 Å². The van der Waals surface area contributed by atoms with Crippen molar-refractivity contribution in [3.05, 3.63) is 77.4 Å². The Balaban J connectivity index is 1.51. The molecule has 2 aromatic heterocycles. The highest BCUT2D eigenvalue weighted by Gasteiger charge is 2.22. The lowest BCUT2D eigenvalue weighted by atomic mass is 9.93. The number of rotatable bonds is 4. The van der Waals surface area contributed by atoms with Crippen LogP contribution in [0.15, 0.2) is 54.6 Å². The largest absolute Gasteiger partial charge is 0.454 e. The van der Waals surface area contributed by atoms with Crippen LogP contribution in [-0.4, -0.2) is 27.3 Å². The first-order valence-electron chi connectivity index (χ1n) is 10.6. The second-order valence-corrected chi connectivity index (χ2v) is 8.95. The van der Waals surface area contributed by atoms with Gasteiger partial charge in [0.05, 0.1) is 11.4 Å². The molecule has 1 amide bonds. The lowest BCUT2D eigenvalue weighted by Crippen LogP contribution is -2.26. The molecule has 0 aliphatic carbocycles. The molecule has 0 unspecified atom stereocenters. The van der Waals surface area contributed by atoms with Crippen molar-refractivity contribution in [1.82, 2.24) is 19.9 Å². The summed E-state index contributed by atoms with van der Waals surface area (Å²) in [6.45, 7) is 6.65. The molecular formula is C25H23FN4O3. The van der Waals surface area contributed by atoms with Gasteiger partial charge in [0.15, 0.2) is 17.1 Å². The van der Waals surface area contributed by atoms with E-state index in [0.717, 1.165) is 11.3 Å². The van der Waals surface area contributed by atoms with Crippen LogP contribution in [0, 0.1) is 5.82 Å². The molecule has 0 radical (unpaired) electrons. The highest BCUT2D eigenvalue weighted by Crippen LogP contribution is 2.32. The van der Waals surface area contributed by atoms with Gasteiger partial charge in [-0.3, -0.25) is 4.79 Å². The van der Waals surface area contributed by atoms with Crippen molar-refractivity contribution in [1.29, 1.82) is 0 Å². The molecule has 0 fully saturated rings. The van der Waals surface area contributed by atoms with Gasteiger partial charge in [-0.05, 0) is 48.0 Å². The van der Waals surface area contributed by atoms with E-state index < -0.39 is 0 Å². The molecule has 1 aliphatic heterocycles. The maximum absolute atomic E-state index is 13.4. The van der Waals surface area contributed by atoms with Crippen molar-refractivity contribution in [2.24, 2.45) is 0 Å². The van der Waals surface area contributed by atoms with E-state index in [9.17, 15) is 9.18 Å². The fraction of sp³-hybridized carbons (Fsp3) is 0.240. The number of hydrogen-bond acceptors (Lipinski definition) is 5. The Kier molecular flexibility index (Phi) is 5.00. The van der Waals surface area contributed by atoms with Gasteiger partial charge in [0.25, 0.3) is 5.91 Å². The lowest BCUT2D eigenvalue weighted by molar-refractivity contribution is 0.0943. The summed E-state index contributed by atoms with van der Waals surface area (Å²) >= 11 is 0. The minimum atomic E-state index is -0.333. The second-order valence-electron chi connectivity index (χ2n) is 8.95. The normalized spacial score (nSPS) is 12.8. The van der Waals surface area contributed by atoms with Crippen molar-refractivity contribution in [3.63, 3.8) is 0 Å². The fourth-order valence-electron chi connectivity index (χ4n) is 3.60. The molecule has 1 N–H and O–H groups in total. The number of aromatic nitrogens is 3. The van der Waals surface area contributed by atoms with Crippen molar-refractivity contribution in [3.8, 4) is 22.8 Å². The summed E-state index contributed by atoms with van der Waals surface area (Å²) in [5.74, 6) is 0.720. The zero-order chi connectivity index (χ0) is 23.2. The summed E-state index contributed by atoms with van der Waals surface area (Å²) in [4.78, 5) is 17.9. The number of benzene rings is 2. The first-order valence-corrected chi connectivity index (χ1v) is 10.6. The van der Waals surface area contributed by atoms with Gasteiger partial charge in [-0.25, -0.2) is 13.9 Å². The Morgan fingerprint density at radius 3 is 2.58 bits per heavy atom. The molecular weight excluding hydrogens is 423 g/mol. The number of carbonyl (C=O) groups is 1. The number of carbonyl (C=O) groups excluding carboxylic acids is 1. The zero-order valence-corrected chi connectivity index (χ0v) is 18.6. The zero-order valence-electron chi connectivity index (χ0n) is 18.6.